The van der Waals surface area contributed by atoms with Crippen molar-refractivity contribution < 1.29 is 23.8 Å². The highest BCUT2D eigenvalue weighted by molar-refractivity contribution is 7.17. The van der Waals surface area contributed by atoms with Crippen molar-refractivity contribution in [3.8, 4) is 17.5 Å². The van der Waals surface area contributed by atoms with Gasteiger partial charge in [-0.15, -0.1) is 0 Å². The molecule has 0 bridgehead atoms. The van der Waals surface area contributed by atoms with Gasteiger partial charge < -0.3 is 25.0 Å². The van der Waals surface area contributed by atoms with E-state index in [9.17, 15) is 24.3 Å². The Morgan fingerprint density at radius 2 is 2.25 bits per heavy atom. The zero-order valence-electron chi connectivity index (χ0n) is 19.3. The molecular formula is C23H22ClFN6O4S. The van der Waals surface area contributed by atoms with Gasteiger partial charge in [0.05, 0.1) is 17.2 Å². The van der Waals surface area contributed by atoms with Gasteiger partial charge in [-0.1, -0.05) is 22.9 Å². The van der Waals surface area contributed by atoms with Crippen molar-refractivity contribution in [3.05, 3.63) is 51.0 Å². The van der Waals surface area contributed by atoms with Gasteiger partial charge in [-0.3, -0.25) is 9.78 Å². The van der Waals surface area contributed by atoms with E-state index in [0.717, 1.165) is 11.3 Å². The van der Waals surface area contributed by atoms with E-state index in [0.29, 0.717) is 36.9 Å². The van der Waals surface area contributed by atoms with Gasteiger partial charge in [-0.05, 0) is 32.4 Å². The Balaban J connectivity index is 1.56. The average molecular weight is 533 g/mol. The molecule has 4 rings (SSSR count). The third kappa shape index (κ3) is 4.90. The van der Waals surface area contributed by atoms with Crippen LogP contribution in [0.25, 0.3) is 11.4 Å². The van der Waals surface area contributed by atoms with Crippen LogP contribution < -0.4 is 10.2 Å². The fourth-order valence-electron chi connectivity index (χ4n) is 4.07. The molecule has 3 aromatic rings. The first-order chi connectivity index (χ1) is 17.2. The van der Waals surface area contributed by atoms with E-state index < -0.39 is 23.8 Å². The van der Waals surface area contributed by atoms with Crippen LogP contribution in [0, 0.1) is 24.1 Å². The van der Waals surface area contributed by atoms with Gasteiger partial charge in [0.1, 0.15) is 33.6 Å². The second-order valence-corrected chi connectivity index (χ2v) is 9.40. The molecule has 0 aliphatic carbocycles. The van der Waals surface area contributed by atoms with Gasteiger partial charge in [-0.25, -0.2) is 14.2 Å². The summed E-state index contributed by atoms with van der Waals surface area (Å²) >= 11 is 7.05. The lowest BCUT2D eigenvalue weighted by Gasteiger charge is -2.38. The number of nitriles is 1. The van der Waals surface area contributed by atoms with E-state index in [1.807, 2.05) is 17.9 Å². The second-order valence-electron chi connectivity index (χ2n) is 8.05. The number of ether oxygens (including phenoxy) is 1. The standard InChI is InChI=1S/C23H22ClFN6O4S/c1-3-35-15-10-31(8-6-14(15)29-21(32)17-12(9-26)16(24)11(2)28-17)23-30-19(20(36-23)22(33)34)18-13(25)5-4-7-27-18/h4-5,7,14-15,28H,3,6,8,10H2,1-2H3,(H,29,32)(H,33,34)/t14-,15+/m1/s1. The van der Waals surface area contributed by atoms with Gasteiger partial charge in [-0.2, -0.15) is 5.26 Å². The SMILES string of the molecule is CCO[C@H]1CN(c2nc(-c3ncccc3F)c(C(=O)O)s2)CC[C@H]1NC(=O)c1[nH]c(C)c(Cl)c1C#N. The highest BCUT2D eigenvalue weighted by atomic mass is 35.5. The van der Waals surface area contributed by atoms with Crippen LogP contribution in [0.4, 0.5) is 9.52 Å². The van der Waals surface area contributed by atoms with Crippen molar-refractivity contribution in [2.75, 3.05) is 24.6 Å². The fourth-order valence-corrected chi connectivity index (χ4v) is 5.19. The molecule has 13 heteroatoms. The third-order valence-electron chi connectivity index (χ3n) is 5.77. The summed E-state index contributed by atoms with van der Waals surface area (Å²) in [6, 6.07) is 4.19. The summed E-state index contributed by atoms with van der Waals surface area (Å²) in [5.41, 5.74) is 0.523. The number of carbonyl (C=O) groups excluding carboxylic acids is 1. The minimum atomic E-state index is -1.23. The molecule has 0 spiro atoms. The fraction of sp³-hybridized carbons (Fsp3) is 0.348. The van der Waals surface area contributed by atoms with Gasteiger partial charge in [0.25, 0.3) is 5.91 Å². The summed E-state index contributed by atoms with van der Waals surface area (Å²) < 4.78 is 20.2. The van der Waals surface area contributed by atoms with Gasteiger partial charge in [0, 0.05) is 31.6 Å². The second kappa shape index (κ2) is 10.6. The van der Waals surface area contributed by atoms with Gasteiger partial charge in [0.2, 0.25) is 0 Å². The number of nitrogens with zero attached hydrogens (tertiary/aromatic N) is 4. The number of H-pyrrole nitrogens is 1. The minimum absolute atomic E-state index is 0.0352. The van der Waals surface area contributed by atoms with Crippen molar-refractivity contribution in [2.45, 2.75) is 32.4 Å². The maximum absolute atomic E-state index is 14.3. The first-order valence-corrected chi connectivity index (χ1v) is 12.2. The third-order valence-corrected chi connectivity index (χ3v) is 7.35. The molecule has 1 fully saturated rings. The Kier molecular flexibility index (Phi) is 7.53. The van der Waals surface area contributed by atoms with E-state index in [4.69, 9.17) is 16.3 Å². The summed E-state index contributed by atoms with van der Waals surface area (Å²) in [5, 5.41) is 22.6. The summed E-state index contributed by atoms with van der Waals surface area (Å²) in [4.78, 5) is 37.8. The van der Waals surface area contributed by atoms with E-state index in [2.05, 4.69) is 20.3 Å². The van der Waals surface area contributed by atoms with Gasteiger partial charge >= 0.3 is 5.97 Å². The first-order valence-electron chi connectivity index (χ1n) is 11.1. The number of carboxylic acid groups (broad SMARTS) is 1. The zero-order chi connectivity index (χ0) is 26.0. The molecule has 1 aliphatic rings. The Morgan fingerprint density at radius 1 is 1.47 bits per heavy atom. The molecule has 1 saturated heterocycles. The number of hydrogen-bond donors (Lipinski definition) is 3. The number of thiazole rings is 1. The smallest absolute Gasteiger partial charge is 0.348 e. The summed E-state index contributed by atoms with van der Waals surface area (Å²) in [5.74, 6) is -2.36. The molecule has 4 heterocycles. The molecule has 188 valence electrons. The largest absolute Gasteiger partial charge is 0.477 e. The minimum Gasteiger partial charge on any atom is -0.477 e. The molecule has 0 saturated carbocycles. The molecule has 3 aromatic heterocycles. The van der Waals surface area contributed by atoms with Crippen molar-refractivity contribution in [2.24, 2.45) is 0 Å². The number of aromatic amines is 1. The number of halogens is 2. The molecule has 3 N–H and O–H groups in total. The molecule has 0 unspecified atom stereocenters. The van der Waals surface area contributed by atoms with Crippen LogP contribution in [0.15, 0.2) is 18.3 Å². The van der Waals surface area contributed by atoms with Crippen LogP contribution in [0.5, 0.6) is 0 Å². The van der Waals surface area contributed by atoms with E-state index >= 15 is 0 Å². The lowest BCUT2D eigenvalue weighted by molar-refractivity contribution is 0.0272. The maximum atomic E-state index is 14.3. The number of aromatic carboxylic acids is 1. The Morgan fingerprint density at radius 3 is 2.92 bits per heavy atom. The van der Waals surface area contributed by atoms with Crippen LogP contribution in [-0.4, -0.2) is 63.8 Å². The first kappa shape index (κ1) is 25.6. The summed E-state index contributed by atoms with van der Waals surface area (Å²) in [7, 11) is 0. The van der Waals surface area contributed by atoms with Crippen LogP contribution in [0.2, 0.25) is 5.02 Å². The number of anilines is 1. The number of pyridine rings is 1. The molecule has 10 nitrogen and oxygen atoms in total. The zero-order valence-corrected chi connectivity index (χ0v) is 20.9. The Hall–Kier alpha value is -3.53. The van der Waals surface area contributed by atoms with Crippen molar-refractivity contribution in [1.29, 1.82) is 5.26 Å². The number of aryl methyl sites for hydroxylation is 1. The summed E-state index contributed by atoms with van der Waals surface area (Å²) in [6.07, 6.45) is 1.39. The van der Waals surface area contributed by atoms with Crippen LogP contribution >= 0.6 is 22.9 Å². The van der Waals surface area contributed by atoms with E-state index in [-0.39, 0.29) is 38.6 Å². The number of carboxylic acids is 1. The highest BCUT2D eigenvalue weighted by Gasteiger charge is 2.34. The number of aromatic nitrogens is 3. The Labute approximate surface area is 214 Å². The van der Waals surface area contributed by atoms with Crippen molar-refractivity contribution in [1.82, 2.24) is 20.3 Å². The molecule has 1 aliphatic heterocycles. The predicted octanol–water partition coefficient (Wildman–Crippen LogP) is 3.62. The van der Waals surface area contributed by atoms with Crippen molar-refractivity contribution >= 4 is 39.9 Å². The average Bonchev–Trinajstić information content (AvgIpc) is 3.42. The summed E-state index contributed by atoms with van der Waals surface area (Å²) in [6.45, 7) is 4.62. The van der Waals surface area contributed by atoms with Crippen LogP contribution in [0.1, 0.15) is 44.8 Å². The van der Waals surface area contributed by atoms with Crippen LogP contribution in [0.3, 0.4) is 0 Å². The van der Waals surface area contributed by atoms with Crippen molar-refractivity contribution in [3.63, 3.8) is 0 Å². The molecule has 36 heavy (non-hydrogen) atoms. The lowest BCUT2D eigenvalue weighted by Crippen LogP contribution is -2.55. The quantitative estimate of drug-likeness (QED) is 0.418. The lowest BCUT2D eigenvalue weighted by atomic mass is 10.0. The molecular weight excluding hydrogens is 511 g/mol. The Bertz CT molecular complexity index is 1350. The molecule has 1 amide bonds. The highest BCUT2D eigenvalue weighted by Crippen LogP contribution is 2.35. The number of amides is 1. The van der Waals surface area contributed by atoms with Gasteiger partial charge in [0.15, 0.2) is 10.9 Å². The van der Waals surface area contributed by atoms with Crippen LogP contribution in [-0.2, 0) is 4.74 Å². The predicted molar refractivity (Wildman–Crippen MR) is 131 cm³/mol. The maximum Gasteiger partial charge on any atom is 0.348 e. The molecule has 0 aromatic carbocycles. The normalized spacial score (nSPS) is 17.6. The number of hydrogen-bond acceptors (Lipinski definition) is 8. The monoisotopic (exact) mass is 532 g/mol. The molecule has 2 atom stereocenters. The van der Waals surface area contributed by atoms with E-state index in [1.54, 1.807) is 6.92 Å². The molecule has 0 radical (unpaired) electrons. The number of carbonyl (C=O) groups is 2. The number of rotatable bonds is 7. The number of nitrogens with one attached hydrogen (secondary N) is 2. The topological polar surface area (TPSA) is 144 Å². The number of piperidine rings is 1. The van der Waals surface area contributed by atoms with E-state index in [1.165, 1.54) is 18.3 Å².